The van der Waals surface area contributed by atoms with Crippen molar-refractivity contribution >= 4 is 6.09 Å². The van der Waals surface area contributed by atoms with Crippen LogP contribution in [0.15, 0.2) is 18.2 Å². The summed E-state index contributed by atoms with van der Waals surface area (Å²) in [4.78, 5) is 13.6. The van der Waals surface area contributed by atoms with Gasteiger partial charge in [0.25, 0.3) is 0 Å². The lowest BCUT2D eigenvalue weighted by Gasteiger charge is -2.26. The lowest BCUT2D eigenvalue weighted by atomic mass is 10.2. The molecule has 1 aromatic rings. The van der Waals surface area contributed by atoms with Gasteiger partial charge in [-0.3, -0.25) is 0 Å². The highest BCUT2D eigenvalue weighted by atomic mass is 16.6. The topological polar surface area (TPSA) is 59.0 Å². The van der Waals surface area contributed by atoms with Crippen LogP contribution in [-0.2, 0) is 11.3 Å². The molecule has 0 saturated heterocycles. The Kier molecular flexibility index (Phi) is 3.55. The molecule has 1 aromatic carbocycles. The molecule has 0 radical (unpaired) electrons. The van der Waals surface area contributed by atoms with Gasteiger partial charge in [-0.1, -0.05) is 12.1 Å². The highest BCUT2D eigenvalue weighted by Crippen LogP contribution is 2.32. The second-order valence-electron chi connectivity index (χ2n) is 5.52. The van der Waals surface area contributed by atoms with Gasteiger partial charge in [0, 0.05) is 5.56 Å². The summed E-state index contributed by atoms with van der Waals surface area (Å²) in [6.07, 6.45) is -0.368. The highest BCUT2D eigenvalue weighted by molar-refractivity contribution is 5.68. The Hall–Kier alpha value is -1.91. The number of hydrogen-bond acceptors (Lipinski definition) is 4. The lowest BCUT2D eigenvalue weighted by Crippen LogP contribution is -2.37. The third-order valence-electron chi connectivity index (χ3n) is 2.70. The summed E-state index contributed by atoms with van der Waals surface area (Å²) in [7, 11) is 0. The van der Waals surface area contributed by atoms with Crippen LogP contribution < -0.4 is 4.74 Å². The summed E-state index contributed by atoms with van der Waals surface area (Å²) < 4.78 is 10.8. The number of phenolic OH excluding ortho intramolecular Hbond substituents is 1. The first-order valence-corrected chi connectivity index (χ1v) is 6.28. The number of ether oxygens (including phenoxy) is 2. The molecule has 0 saturated carbocycles. The predicted octanol–water partition coefficient (Wildman–Crippen LogP) is 2.52. The van der Waals surface area contributed by atoms with E-state index in [0.717, 1.165) is 5.56 Å². The van der Waals surface area contributed by atoms with Crippen LogP contribution in [0.2, 0.25) is 0 Å². The molecule has 5 nitrogen and oxygen atoms in total. The smallest absolute Gasteiger partial charge is 0.410 e. The Labute approximate surface area is 112 Å². The van der Waals surface area contributed by atoms with Crippen LogP contribution >= 0.6 is 0 Å². The molecule has 19 heavy (non-hydrogen) atoms. The molecule has 0 bridgehead atoms. The Morgan fingerprint density at radius 1 is 1.42 bits per heavy atom. The molecule has 0 aliphatic carbocycles. The van der Waals surface area contributed by atoms with Crippen LogP contribution in [0.4, 0.5) is 4.79 Å². The van der Waals surface area contributed by atoms with E-state index < -0.39 is 5.60 Å². The van der Waals surface area contributed by atoms with Crippen molar-refractivity contribution in [1.29, 1.82) is 0 Å². The van der Waals surface area contributed by atoms with Crippen LogP contribution in [0.1, 0.15) is 26.3 Å². The summed E-state index contributed by atoms with van der Waals surface area (Å²) in [5, 5.41) is 9.73. The molecule has 1 aliphatic rings. The predicted molar refractivity (Wildman–Crippen MR) is 70.2 cm³/mol. The number of hydrogen-bond donors (Lipinski definition) is 1. The summed E-state index contributed by atoms with van der Waals surface area (Å²) in [6.45, 7) is 6.64. The second-order valence-corrected chi connectivity index (χ2v) is 5.52. The number of para-hydroxylation sites is 1. The van der Waals surface area contributed by atoms with Gasteiger partial charge < -0.3 is 19.5 Å². The molecule has 1 amide bonds. The maximum absolute atomic E-state index is 12.0. The van der Waals surface area contributed by atoms with Crippen LogP contribution in [0.3, 0.4) is 0 Å². The van der Waals surface area contributed by atoms with E-state index >= 15 is 0 Å². The van der Waals surface area contributed by atoms with Gasteiger partial charge in [0.2, 0.25) is 0 Å². The van der Waals surface area contributed by atoms with Gasteiger partial charge in [0.15, 0.2) is 11.5 Å². The van der Waals surface area contributed by atoms with E-state index in [1.807, 2.05) is 26.8 Å². The molecule has 104 valence electrons. The van der Waals surface area contributed by atoms with Crippen molar-refractivity contribution < 1.29 is 19.4 Å². The fourth-order valence-corrected chi connectivity index (χ4v) is 1.89. The number of fused-ring (bicyclic) bond motifs is 1. The Morgan fingerprint density at radius 2 is 2.16 bits per heavy atom. The minimum Gasteiger partial charge on any atom is -0.504 e. The van der Waals surface area contributed by atoms with Gasteiger partial charge in [-0.15, -0.1) is 0 Å². The van der Waals surface area contributed by atoms with Crippen molar-refractivity contribution in [3.05, 3.63) is 23.8 Å². The fraction of sp³-hybridized carbons (Fsp3) is 0.500. The van der Waals surface area contributed by atoms with Crippen LogP contribution in [-0.4, -0.2) is 34.9 Å². The molecule has 0 spiro atoms. The molecule has 0 atom stereocenters. The molecule has 1 heterocycles. The van der Waals surface area contributed by atoms with E-state index in [1.165, 1.54) is 0 Å². The molecule has 1 N–H and O–H groups in total. The van der Waals surface area contributed by atoms with Gasteiger partial charge in [0.05, 0.1) is 13.1 Å². The van der Waals surface area contributed by atoms with Crippen molar-refractivity contribution in [2.75, 3.05) is 13.2 Å². The molecule has 0 aromatic heterocycles. The number of nitrogens with zero attached hydrogens (tertiary/aromatic N) is 1. The maximum Gasteiger partial charge on any atom is 0.410 e. The van der Waals surface area contributed by atoms with E-state index in [1.54, 1.807) is 17.0 Å². The minimum absolute atomic E-state index is 0.100. The third-order valence-corrected chi connectivity index (χ3v) is 2.70. The number of phenols is 1. The standard InChI is InChI=1S/C14H19NO4/c1-14(2,3)19-13(17)15-7-8-18-12-10(9-15)5-4-6-11(12)16/h4-6,16H,7-9H2,1-3H3. The largest absolute Gasteiger partial charge is 0.504 e. The van der Waals surface area contributed by atoms with Crippen molar-refractivity contribution in [2.45, 2.75) is 32.9 Å². The van der Waals surface area contributed by atoms with Crippen LogP contribution in [0, 0.1) is 0 Å². The normalized spacial score (nSPS) is 15.2. The van der Waals surface area contributed by atoms with E-state index in [-0.39, 0.29) is 11.8 Å². The average molecular weight is 265 g/mol. The van der Waals surface area contributed by atoms with Crippen molar-refractivity contribution in [3.63, 3.8) is 0 Å². The molecule has 0 unspecified atom stereocenters. The highest BCUT2D eigenvalue weighted by Gasteiger charge is 2.25. The van der Waals surface area contributed by atoms with Gasteiger partial charge in [-0.25, -0.2) is 4.79 Å². The van der Waals surface area contributed by atoms with E-state index in [4.69, 9.17) is 9.47 Å². The summed E-state index contributed by atoms with van der Waals surface area (Å²) in [5.41, 5.74) is 0.259. The van der Waals surface area contributed by atoms with E-state index in [2.05, 4.69) is 0 Å². The quantitative estimate of drug-likeness (QED) is 0.783. The molecular formula is C14H19NO4. The number of benzene rings is 1. The fourth-order valence-electron chi connectivity index (χ4n) is 1.89. The summed E-state index contributed by atoms with van der Waals surface area (Å²) in [6, 6.07) is 5.13. The number of carbonyl (C=O) groups excluding carboxylic acids is 1. The van der Waals surface area contributed by atoms with Crippen molar-refractivity contribution in [2.24, 2.45) is 0 Å². The molecule has 1 aliphatic heterocycles. The third kappa shape index (κ3) is 3.30. The average Bonchev–Trinajstić information content (AvgIpc) is 2.50. The van der Waals surface area contributed by atoms with E-state index in [0.29, 0.717) is 25.4 Å². The Morgan fingerprint density at radius 3 is 2.84 bits per heavy atom. The Balaban J connectivity index is 2.16. The Bertz CT molecular complexity index is 479. The summed E-state index contributed by atoms with van der Waals surface area (Å²) in [5.74, 6) is 0.553. The first kappa shape index (κ1) is 13.5. The van der Waals surface area contributed by atoms with Crippen molar-refractivity contribution in [3.8, 4) is 11.5 Å². The lowest BCUT2D eigenvalue weighted by molar-refractivity contribution is 0.0225. The zero-order chi connectivity index (χ0) is 14.0. The molecule has 0 fully saturated rings. The summed E-state index contributed by atoms with van der Waals surface area (Å²) >= 11 is 0. The van der Waals surface area contributed by atoms with E-state index in [9.17, 15) is 9.90 Å². The van der Waals surface area contributed by atoms with Gasteiger partial charge in [-0.05, 0) is 26.8 Å². The molecule has 5 heteroatoms. The van der Waals surface area contributed by atoms with Gasteiger partial charge >= 0.3 is 6.09 Å². The second kappa shape index (κ2) is 4.99. The number of amides is 1. The zero-order valence-corrected chi connectivity index (χ0v) is 11.5. The van der Waals surface area contributed by atoms with Crippen molar-refractivity contribution in [1.82, 2.24) is 4.90 Å². The van der Waals surface area contributed by atoms with Gasteiger partial charge in [0.1, 0.15) is 12.2 Å². The first-order chi connectivity index (χ1) is 8.87. The number of rotatable bonds is 0. The number of aromatic hydroxyl groups is 1. The van der Waals surface area contributed by atoms with Crippen LogP contribution in [0.25, 0.3) is 0 Å². The SMILES string of the molecule is CC(C)(C)OC(=O)N1CCOc2c(O)cccc2C1. The van der Waals surface area contributed by atoms with Gasteiger partial charge in [-0.2, -0.15) is 0 Å². The monoisotopic (exact) mass is 265 g/mol. The first-order valence-electron chi connectivity index (χ1n) is 6.28. The molecular weight excluding hydrogens is 246 g/mol. The minimum atomic E-state index is -0.522. The number of carbonyl (C=O) groups is 1. The van der Waals surface area contributed by atoms with Crippen LogP contribution in [0.5, 0.6) is 11.5 Å². The molecule has 2 rings (SSSR count). The maximum atomic E-state index is 12.0. The zero-order valence-electron chi connectivity index (χ0n) is 11.5.